The van der Waals surface area contributed by atoms with Gasteiger partial charge in [-0.3, -0.25) is 14.6 Å². The molecule has 0 bridgehead atoms. The molecular formula is C25H19ClN2O4. The van der Waals surface area contributed by atoms with E-state index >= 15 is 0 Å². The first kappa shape index (κ1) is 21.5. The number of carbonyl (C=O) groups is 3. The molecule has 0 radical (unpaired) electrons. The van der Waals surface area contributed by atoms with Gasteiger partial charge in [0, 0.05) is 11.1 Å². The van der Waals surface area contributed by atoms with E-state index in [1.165, 1.54) is 4.90 Å². The summed E-state index contributed by atoms with van der Waals surface area (Å²) in [4.78, 5) is 43.8. The molecule has 1 aliphatic heterocycles. The quantitative estimate of drug-likeness (QED) is 0.328. The van der Waals surface area contributed by atoms with Crippen LogP contribution in [0.1, 0.15) is 16.7 Å². The number of hydrogen-bond donors (Lipinski definition) is 0. The molecule has 0 fully saturated rings. The van der Waals surface area contributed by atoms with E-state index in [4.69, 9.17) is 16.3 Å². The summed E-state index contributed by atoms with van der Waals surface area (Å²) in [7, 11) is 0. The number of para-hydroxylation sites is 1. The van der Waals surface area contributed by atoms with Crippen molar-refractivity contribution >= 4 is 40.1 Å². The highest BCUT2D eigenvalue weighted by Gasteiger charge is 2.38. The zero-order chi connectivity index (χ0) is 22.5. The molecule has 0 saturated heterocycles. The second-order valence-electron chi connectivity index (χ2n) is 7.14. The van der Waals surface area contributed by atoms with Gasteiger partial charge in [-0.25, -0.2) is 4.79 Å². The summed E-state index contributed by atoms with van der Waals surface area (Å²) in [5.74, 6) is -1.47. The molecule has 1 heterocycles. The summed E-state index contributed by atoms with van der Waals surface area (Å²) in [6, 6.07) is 23.9. The van der Waals surface area contributed by atoms with Gasteiger partial charge in [0.25, 0.3) is 5.91 Å². The number of aliphatic imine (C=N–C) groups is 1. The number of anilines is 1. The molecule has 1 aliphatic rings. The minimum Gasteiger partial charge on any atom is -0.459 e. The fourth-order valence-corrected chi connectivity index (χ4v) is 3.62. The topological polar surface area (TPSA) is 76.0 Å². The van der Waals surface area contributed by atoms with Crippen LogP contribution in [0, 0.1) is 0 Å². The molecule has 1 amide bonds. The van der Waals surface area contributed by atoms with Crippen molar-refractivity contribution in [1.82, 2.24) is 0 Å². The lowest BCUT2D eigenvalue weighted by Gasteiger charge is -2.23. The first-order chi connectivity index (χ1) is 15.5. The van der Waals surface area contributed by atoms with Gasteiger partial charge in [-0.05, 0) is 23.2 Å². The highest BCUT2D eigenvalue weighted by Crippen LogP contribution is 2.29. The number of rotatable bonds is 6. The molecule has 7 heteroatoms. The van der Waals surface area contributed by atoms with Gasteiger partial charge < -0.3 is 9.64 Å². The van der Waals surface area contributed by atoms with Crippen molar-refractivity contribution in [3.63, 3.8) is 0 Å². The molecule has 0 aromatic heterocycles. The Morgan fingerprint density at radius 1 is 0.906 bits per heavy atom. The first-order valence-corrected chi connectivity index (χ1v) is 10.4. The van der Waals surface area contributed by atoms with Crippen LogP contribution in [-0.4, -0.2) is 35.4 Å². The summed E-state index contributed by atoms with van der Waals surface area (Å²) in [6.45, 7) is -0.390. The lowest BCUT2D eigenvalue weighted by atomic mass is 10.0. The van der Waals surface area contributed by atoms with Gasteiger partial charge in [-0.15, -0.1) is 0 Å². The summed E-state index contributed by atoms with van der Waals surface area (Å²) >= 11 is 5.63. The largest absolute Gasteiger partial charge is 0.459 e. The molecule has 1 unspecified atom stereocenters. The Morgan fingerprint density at radius 2 is 1.53 bits per heavy atom. The maximum atomic E-state index is 13.4. The SMILES string of the molecule is O=C(Cl)CN1C(=O)C(C(=O)OCc2ccccc2)N=C(c2ccccc2)c2ccccc21. The first-order valence-electron chi connectivity index (χ1n) is 9.97. The molecule has 32 heavy (non-hydrogen) atoms. The molecule has 3 aromatic rings. The van der Waals surface area contributed by atoms with Gasteiger partial charge in [0.05, 0.1) is 11.4 Å². The van der Waals surface area contributed by atoms with E-state index in [9.17, 15) is 14.4 Å². The second kappa shape index (κ2) is 9.58. The highest BCUT2D eigenvalue weighted by molar-refractivity contribution is 6.64. The third-order valence-electron chi connectivity index (χ3n) is 4.98. The zero-order valence-corrected chi connectivity index (χ0v) is 17.7. The van der Waals surface area contributed by atoms with E-state index in [0.717, 1.165) is 11.1 Å². The van der Waals surface area contributed by atoms with Crippen molar-refractivity contribution in [2.24, 2.45) is 4.99 Å². The lowest BCUT2D eigenvalue weighted by Crippen LogP contribution is -2.44. The van der Waals surface area contributed by atoms with Gasteiger partial charge in [-0.1, -0.05) is 78.9 Å². The van der Waals surface area contributed by atoms with Crippen LogP contribution in [0.4, 0.5) is 5.69 Å². The van der Waals surface area contributed by atoms with Crippen LogP contribution in [0.15, 0.2) is 89.9 Å². The van der Waals surface area contributed by atoms with Gasteiger partial charge in [0.1, 0.15) is 13.2 Å². The second-order valence-corrected chi connectivity index (χ2v) is 7.56. The van der Waals surface area contributed by atoms with Crippen molar-refractivity contribution in [1.29, 1.82) is 0 Å². The Bertz CT molecular complexity index is 1180. The van der Waals surface area contributed by atoms with Gasteiger partial charge in [0.15, 0.2) is 0 Å². The van der Waals surface area contributed by atoms with Crippen LogP contribution in [0.2, 0.25) is 0 Å². The Morgan fingerprint density at radius 3 is 2.22 bits per heavy atom. The molecule has 1 atom stereocenters. The van der Waals surface area contributed by atoms with E-state index in [-0.39, 0.29) is 6.61 Å². The number of esters is 1. The summed E-state index contributed by atoms with van der Waals surface area (Å²) < 4.78 is 5.42. The van der Waals surface area contributed by atoms with Crippen molar-refractivity contribution in [3.05, 3.63) is 102 Å². The lowest BCUT2D eigenvalue weighted by molar-refractivity contribution is -0.149. The van der Waals surface area contributed by atoms with Crippen LogP contribution in [-0.2, 0) is 25.7 Å². The number of benzene rings is 3. The van der Waals surface area contributed by atoms with Gasteiger partial charge in [-0.2, -0.15) is 0 Å². The standard InChI is InChI=1S/C25H19ClN2O4/c26-21(29)15-28-20-14-8-7-13-19(20)22(18-11-5-2-6-12-18)27-23(24(28)30)25(31)32-16-17-9-3-1-4-10-17/h1-14,23H,15-16H2. The maximum absolute atomic E-state index is 13.4. The van der Waals surface area contributed by atoms with Crippen molar-refractivity contribution < 1.29 is 19.1 Å². The van der Waals surface area contributed by atoms with Crippen molar-refractivity contribution in [2.75, 3.05) is 11.4 Å². The molecular weight excluding hydrogens is 428 g/mol. The third-order valence-corrected chi connectivity index (χ3v) is 5.10. The van der Waals surface area contributed by atoms with Crippen LogP contribution in [0.25, 0.3) is 0 Å². The molecule has 160 valence electrons. The maximum Gasteiger partial charge on any atom is 0.341 e. The summed E-state index contributed by atoms with van der Waals surface area (Å²) in [5, 5.41) is -0.729. The molecule has 4 rings (SSSR count). The average Bonchev–Trinajstić information content (AvgIpc) is 2.94. The molecule has 0 spiro atoms. The number of carbonyl (C=O) groups excluding carboxylic acids is 3. The Kier molecular flexibility index (Phi) is 6.42. The van der Waals surface area contributed by atoms with Crippen LogP contribution in [0.5, 0.6) is 0 Å². The Balaban J connectivity index is 1.77. The predicted molar refractivity (Wildman–Crippen MR) is 122 cm³/mol. The van der Waals surface area contributed by atoms with Crippen LogP contribution >= 0.6 is 11.6 Å². The molecule has 0 aliphatic carbocycles. The molecule has 0 N–H and O–H groups in total. The highest BCUT2D eigenvalue weighted by atomic mass is 35.5. The summed E-state index contributed by atoms with van der Waals surface area (Å²) in [6.07, 6.45) is 0. The predicted octanol–water partition coefficient (Wildman–Crippen LogP) is 3.75. The third kappa shape index (κ3) is 4.60. The number of benzodiazepines with no additional fused rings is 1. The van der Waals surface area contributed by atoms with Gasteiger partial charge >= 0.3 is 5.97 Å². The zero-order valence-electron chi connectivity index (χ0n) is 17.0. The Labute approximate surface area is 190 Å². The van der Waals surface area contributed by atoms with E-state index < -0.39 is 29.7 Å². The fourth-order valence-electron chi connectivity index (χ4n) is 3.50. The number of amides is 1. The number of ether oxygens (including phenoxy) is 1. The van der Waals surface area contributed by atoms with E-state index in [0.29, 0.717) is 17.0 Å². The number of fused-ring (bicyclic) bond motifs is 1. The molecule has 6 nitrogen and oxygen atoms in total. The summed E-state index contributed by atoms with van der Waals surface area (Å²) in [5.41, 5.74) is 3.04. The molecule has 0 saturated carbocycles. The number of nitrogens with zero attached hydrogens (tertiary/aromatic N) is 2. The minimum absolute atomic E-state index is 0.00102. The molecule has 3 aromatic carbocycles. The average molecular weight is 447 g/mol. The van der Waals surface area contributed by atoms with E-state index in [1.807, 2.05) is 60.7 Å². The number of hydrogen-bond acceptors (Lipinski definition) is 5. The smallest absolute Gasteiger partial charge is 0.341 e. The number of halogens is 1. The normalized spacial score (nSPS) is 15.4. The fraction of sp³-hybridized carbons (Fsp3) is 0.120. The van der Waals surface area contributed by atoms with Crippen molar-refractivity contribution in [2.45, 2.75) is 12.6 Å². The van der Waals surface area contributed by atoms with Crippen molar-refractivity contribution in [3.8, 4) is 0 Å². The van der Waals surface area contributed by atoms with Gasteiger partial charge in [0.2, 0.25) is 11.3 Å². The minimum atomic E-state index is -1.47. The van der Waals surface area contributed by atoms with Crippen LogP contribution in [0.3, 0.4) is 0 Å². The van der Waals surface area contributed by atoms with Crippen LogP contribution < -0.4 is 4.90 Å². The van der Waals surface area contributed by atoms with E-state index in [2.05, 4.69) is 4.99 Å². The van der Waals surface area contributed by atoms with E-state index in [1.54, 1.807) is 24.3 Å². The Hall–Kier alpha value is -3.77. The monoisotopic (exact) mass is 446 g/mol.